The Morgan fingerprint density at radius 3 is 2.38 bits per heavy atom. The van der Waals surface area contributed by atoms with E-state index in [0.717, 1.165) is 18.4 Å². The quantitative estimate of drug-likeness (QED) is 0.664. The van der Waals surface area contributed by atoms with E-state index in [9.17, 15) is 9.59 Å². The first kappa shape index (κ1) is 20.4. The van der Waals surface area contributed by atoms with Gasteiger partial charge in [0.25, 0.3) is 5.91 Å². The Morgan fingerprint density at radius 2 is 1.75 bits per heavy atom. The van der Waals surface area contributed by atoms with Gasteiger partial charge in [-0.05, 0) is 37.8 Å². The van der Waals surface area contributed by atoms with Gasteiger partial charge in [-0.15, -0.1) is 12.4 Å². The second-order valence-electron chi connectivity index (χ2n) is 5.89. The van der Waals surface area contributed by atoms with Crippen molar-refractivity contribution in [3.05, 3.63) is 35.4 Å². The lowest BCUT2D eigenvalue weighted by Crippen LogP contribution is -2.48. The minimum Gasteiger partial charge on any atom is -0.381 e. The monoisotopic (exact) mass is 355 g/mol. The fourth-order valence-electron chi connectivity index (χ4n) is 2.58. The molecule has 1 heterocycles. The normalized spacial score (nSPS) is 15.9. The van der Waals surface area contributed by atoms with Crippen LogP contribution in [-0.2, 0) is 9.53 Å². The Labute approximate surface area is 148 Å². The van der Waals surface area contributed by atoms with Crippen LogP contribution in [0.15, 0.2) is 24.3 Å². The van der Waals surface area contributed by atoms with Gasteiger partial charge in [-0.1, -0.05) is 17.7 Å². The van der Waals surface area contributed by atoms with Crippen LogP contribution in [0.4, 0.5) is 0 Å². The maximum Gasteiger partial charge on any atom is 0.251 e. The van der Waals surface area contributed by atoms with Crippen LogP contribution in [0.1, 0.15) is 28.8 Å². The number of carbonyl (C=O) groups is 2. The number of nitrogens with one attached hydrogen (secondary N) is 2. The lowest BCUT2D eigenvalue weighted by Gasteiger charge is -2.26. The Kier molecular flexibility index (Phi) is 8.74. The number of ether oxygens (including phenoxy) is 1. The molecule has 4 N–H and O–H groups in total. The van der Waals surface area contributed by atoms with E-state index in [2.05, 4.69) is 10.6 Å². The molecule has 6 nitrogen and oxygen atoms in total. The Balaban J connectivity index is 0.00000288. The van der Waals surface area contributed by atoms with E-state index in [1.807, 2.05) is 19.1 Å². The van der Waals surface area contributed by atoms with Gasteiger partial charge >= 0.3 is 0 Å². The van der Waals surface area contributed by atoms with Crippen molar-refractivity contribution in [2.45, 2.75) is 25.8 Å². The Bertz CT molecular complexity index is 530. The van der Waals surface area contributed by atoms with E-state index >= 15 is 0 Å². The summed E-state index contributed by atoms with van der Waals surface area (Å²) in [4.78, 5) is 23.9. The average Bonchev–Trinajstić information content (AvgIpc) is 2.59. The lowest BCUT2D eigenvalue weighted by atomic mass is 9.92. The standard InChI is InChI=1S/C17H25N3O3.ClH/c1-12-2-4-14(5-3-12)16(21)19-8-9-20-17(22)15(18)13-6-10-23-11-7-13;/h2-5,13,15H,6-11,18H2,1H3,(H,19,21)(H,20,22);1H. The van der Waals surface area contributed by atoms with Crippen molar-refractivity contribution in [1.82, 2.24) is 10.6 Å². The zero-order chi connectivity index (χ0) is 16.7. The number of halogens is 1. The fraction of sp³-hybridized carbons (Fsp3) is 0.529. The molecule has 0 radical (unpaired) electrons. The molecule has 1 fully saturated rings. The minimum atomic E-state index is -0.508. The number of hydrogen-bond acceptors (Lipinski definition) is 4. The second-order valence-corrected chi connectivity index (χ2v) is 5.89. The van der Waals surface area contributed by atoms with E-state index in [4.69, 9.17) is 10.5 Å². The molecule has 2 amide bonds. The molecule has 0 spiro atoms. The smallest absolute Gasteiger partial charge is 0.251 e. The highest BCUT2D eigenvalue weighted by atomic mass is 35.5. The van der Waals surface area contributed by atoms with Gasteiger partial charge in [0.2, 0.25) is 5.91 Å². The number of rotatable bonds is 6. The van der Waals surface area contributed by atoms with Crippen molar-refractivity contribution in [3.63, 3.8) is 0 Å². The van der Waals surface area contributed by atoms with Crippen molar-refractivity contribution in [2.24, 2.45) is 11.7 Å². The number of carbonyl (C=O) groups excluding carboxylic acids is 2. The van der Waals surface area contributed by atoms with Crippen molar-refractivity contribution >= 4 is 24.2 Å². The Morgan fingerprint density at radius 1 is 1.17 bits per heavy atom. The Hall–Kier alpha value is -1.63. The van der Waals surface area contributed by atoms with E-state index in [0.29, 0.717) is 31.9 Å². The summed E-state index contributed by atoms with van der Waals surface area (Å²) in [6.45, 7) is 4.04. The summed E-state index contributed by atoms with van der Waals surface area (Å²) in [5.74, 6) is -0.139. The summed E-state index contributed by atoms with van der Waals surface area (Å²) < 4.78 is 5.27. The summed E-state index contributed by atoms with van der Waals surface area (Å²) in [5, 5.41) is 5.55. The molecule has 1 unspecified atom stereocenters. The van der Waals surface area contributed by atoms with E-state index in [1.54, 1.807) is 12.1 Å². The summed E-state index contributed by atoms with van der Waals surface area (Å²) in [5.41, 5.74) is 7.70. The van der Waals surface area contributed by atoms with E-state index < -0.39 is 6.04 Å². The third kappa shape index (κ3) is 6.11. The molecule has 134 valence electrons. The van der Waals surface area contributed by atoms with Crippen LogP contribution in [0.3, 0.4) is 0 Å². The first-order chi connectivity index (χ1) is 11.1. The molecule has 7 heteroatoms. The zero-order valence-corrected chi connectivity index (χ0v) is 14.7. The van der Waals surface area contributed by atoms with E-state index in [-0.39, 0.29) is 30.1 Å². The van der Waals surface area contributed by atoms with Crippen LogP contribution in [0.25, 0.3) is 0 Å². The van der Waals surface area contributed by atoms with Gasteiger partial charge in [-0.3, -0.25) is 9.59 Å². The first-order valence-electron chi connectivity index (χ1n) is 8.04. The van der Waals surface area contributed by atoms with Gasteiger partial charge in [0.1, 0.15) is 0 Å². The van der Waals surface area contributed by atoms with Gasteiger partial charge in [0.15, 0.2) is 0 Å². The molecule has 1 saturated heterocycles. The average molecular weight is 356 g/mol. The number of amides is 2. The number of aryl methyl sites for hydroxylation is 1. The lowest BCUT2D eigenvalue weighted by molar-refractivity contribution is -0.124. The molecule has 1 atom stereocenters. The summed E-state index contributed by atoms with van der Waals surface area (Å²) >= 11 is 0. The maximum absolute atomic E-state index is 12.0. The van der Waals surface area contributed by atoms with Crippen LogP contribution in [0.5, 0.6) is 0 Å². The maximum atomic E-state index is 12.0. The summed E-state index contributed by atoms with van der Waals surface area (Å²) in [7, 11) is 0. The number of nitrogens with two attached hydrogens (primary N) is 1. The van der Waals surface area contributed by atoms with Crippen molar-refractivity contribution in [1.29, 1.82) is 0 Å². The summed E-state index contributed by atoms with van der Waals surface area (Å²) in [6.07, 6.45) is 1.64. The molecular weight excluding hydrogens is 330 g/mol. The van der Waals surface area contributed by atoms with Crippen LogP contribution >= 0.6 is 12.4 Å². The van der Waals surface area contributed by atoms with Crippen LogP contribution < -0.4 is 16.4 Å². The minimum absolute atomic E-state index is 0. The molecule has 1 aliphatic rings. The fourth-order valence-corrected chi connectivity index (χ4v) is 2.58. The van der Waals surface area contributed by atoms with Crippen molar-refractivity contribution in [3.8, 4) is 0 Å². The molecule has 0 aromatic heterocycles. The molecule has 0 aliphatic carbocycles. The molecule has 24 heavy (non-hydrogen) atoms. The highest BCUT2D eigenvalue weighted by Gasteiger charge is 2.26. The molecule has 1 aliphatic heterocycles. The van der Waals surface area contributed by atoms with Crippen molar-refractivity contribution < 1.29 is 14.3 Å². The van der Waals surface area contributed by atoms with Crippen molar-refractivity contribution in [2.75, 3.05) is 26.3 Å². The first-order valence-corrected chi connectivity index (χ1v) is 8.04. The summed E-state index contributed by atoms with van der Waals surface area (Å²) in [6, 6.07) is 6.84. The molecule has 2 rings (SSSR count). The number of benzene rings is 1. The topological polar surface area (TPSA) is 93.5 Å². The zero-order valence-electron chi connectivity index (χ0n) is 13.9. The van der Waals surface area contributed by atoms with Gasteiger partial charge in [0, 0.05) is 31.9 Å². The molecule has 0 saturated carbocycles. The molecule has 0 bridgehead atoms. The third-order valence-corrected chi connectivity index (χ3v) is 4.10. The molecule has 1 aromatic rings. The highest BCUT2D eigenvalue weighted by molar-refractivity contribution is 5.94. The largest absolute Gasteiger partial charge is 0.381 e. The predicted octanol–water partition coefficient (Wildman–Crippen LogP) is 1.02. The molecular formula is C17H26ClN3O3. The third-order valence-electron chi connectivity index (χ3n) is 4.10. The van der Waals surface area contributed by atoms with Gasteiger partial charge in [-0.2, -0.15) is 0 Å². The van der Waals surface area contributed by atoms with Crippen LogP contribution in [0.2, 0.25) is 0 Å². The molecule has 1 aromatic carbocycles. The highest BCUT2D eigenvalue weighted by Crippen LogP contribution is 2.17. The van der Waals surface area contributed by atoms with Gasteiger partial charge in [-0.25, -0.2) is 0 Å². The van der Waals surface area contributed by atoms with Crippen LogP contribution in [0, 0.1) is 12.8 Å². The number of hydrogen-bond donors (Lipinski definition) is 3. The van der Waals surface area contributed by atoms with E-state index in [1.165, 1.54) is 0 Å². The van der Waals surface area contributed by atoms with Gasteiger partial charge < -0.3 is 21.1 Å². The second kappa shape index (κ2) is 10.3. The van der Waals surface area contributed by atoms with Crippen LogP contribution in [-0.4, -0.2) is 44.2 Å². The SMILES string of the molecule is Cc1ccc(C(=O)NCCNC(=O)C(N)C2CCOCC2)cc1.Cl. The predicted molar refractivity (Wildman–Crippen MR) is 95.3 cm³/mol. The van der Waals surface area contributed by atoms with Gasteiger partial charge in [0.05, 0.1) is 6.04 Å².